The molecule has 2 aromatic carbocycles. The molecule has 2 amide bonds. The number of halogens is 3. The second-order valence-corrected chi connectivity index (χ2v) is 6.82. The fraction of sp³-hybridized carbons (Fsp3) is 0.222. The standard InChI is InChI=1S/C18H15Cl2FN2O2/c19-13-4-1-10(2-5-13)17(11-3-6-15(21)14(20)7-11)23-9-12(18(22)25)8-16(23)24/h1-7,12,17H,8-9H2,(H2,22,25)/t12?,17-/m0/s1. The van der Waals surface area contributed by atoms with Crippen LogP contribution in [-0.4, -0.2) is 23.3 Å². The topological polar surface area (TPSA) is 63.4 Å². The minimum atomic E-state index is -0.543. The molecule has 7 heteroatoms. The monoisotopic (exact) mass is 380 g/mol. The number of carbonyl (C=O) groups is 2. The molecule has 0 aliphatic carbocycles. The van der Waals surface area contributed by atoms with Gasteiger partial charge < -0.3 is 10.6 Å². The maximum absolute atomic E-state index is 13.5. The van der Waals surface area contributed by atoms with Gasteiger partial charge in [-0.25, -0.2) is 4.39 Å². The van der Waals surface area contributed by atoms with E-state index in [9.17, 15) is 14.0 Å². The largest absolute Gasteiger partial charge is 0.369 e. The van der Waals surface area contributed by atoms with E-state index in [1.54, 1.807) is 35.2 Å². The molecule has 0 radical (unpaired) electrons. The maximum atomic E-state index is 13.5. The molecule has 2 atom stereocenters. The predicted molar refractivity (Wildman–Crippen MR) is 93.7 cm³/mol. The molecule has 1 fully saturated rings. The lowest BCUT2D eigenvalue weighted by molar-refractivity contribution is -0.129. The van der Waals surface area contributed by atoms with Gasteiger partial charge >= 0.3 is 0 Å². The van der Waals surface area contributed by atoms with E-state index in [-0.39, 0.29) is 23.9 Å². The minimum absolute atomic E-state index is 0.0328. The molecule has 25 heavy (non-hydrogen) atoms. The van der Waals surface area contributed by atoms with E-state index in [2.05, 4.69) is 0 Å². The van der Waals surface area contributed by atoms with Gasteiger partial charge in [-0.1, -0.05) is 41.4 Å². The molecule has 130 valence electrons. The van der Waals surface area contributed by atoms with Gasteiger partial charge in [-0.15, -0.1) is 0 Å². The molecular formula is C18H15Cl2FN2O2. The van der Waals surface area contributed by atoms with Crippen LogP contribution in [0.25, 0.3) is 0 Å². The molecule has 0 saturated carbocycles. The van der Waals surface area contributed by atoms with Crippen molar-refractivity contribution < 1.29 is 14.0 Å². The first-order valence-corrected chi connectivity index (χ1v) is 8.41. The van der Waals surface area contributed by atoms with Gasteiger partial charge in [0.1, 0.15) is 5.82 Å². The van der Waals surface area contributed by atoms with E-state index >= 15 is 0 Å². The van der Waals surface area contributed by atoms with E-state index in [1.807, 2.05) is 0 Å². The number of nitrogens with two attached hydrogens (primary N) is 1. The van der Waals surface area contributed by atoms with Crippen molar-refractivity contribution >= 4 is 35.0 Å². The average molecular weight is 381 g/mol. The Morgan fingerprint density at radius 2 is 1.80 bits per heavy atom. The fourth-order valence-corrected chi connectivity index (χ4v) is 3.37. The molecule has 0 spiro atoms. The van der Waals surface area contributed by atoms with E-state index in [1.165, 1.54) is 12.1 Å². The zero-order valence-corrected chi connectivity index (χ0v) is 14.6. The summed E-state index contributed by atoms with van der Waals surface area (Å²) in [4.78, 5) is 25.5. The summed E-state index contributed by atoms with van der Waals surface area (Å²) in [6.07, 6.45) is 0.0638. The Bertz CT molecular complexity index is 826. The molecule has 2 aromatic rings. The SMILES string of the molecule is NC(=O)C1CC(=O)N([C@@H](c2ccc(Cl)cc2)c2ccc(F)c(Cl)c2)C1. The molecule has 2 N–H and O–H groups in total. The first-order valence-electron chi connectivity index (χ1n) is 7.66. The van der Waals surface area contributed by atoms with Crippen molar-refractivity contribution in [3.8, 4) is 0 Å². The predicted octanol–water partition coefficient (Wildman–Crippen LogP) is 3.56. The second-order valence-electron chi connectivity index (χ2n) is 5.98. The Labute approximate surface area is 154 Å². The highest BCUT2D eigenvalue weighted by molar-refractivity contribution is 6.31. The summed E-state index contributed by atoms with van der Waals surface area (Å²) >= 11 is 11.9. The van der Waals surface area contributed by atoms with Crippen LogP contribution in [0.3, 0.4) is 0 Å². The number of amides is 2. The lowest BCUT2D eigenvalue weighted by Crippen LogP contribution is -2.32. The Morgan fingerprint density at radius 3 is 2.36 bits per heavy atom. The highest BCUT2D eigenvalue weighted by Crippen LogP contribution is 2.35. The van der Waals surface area contributed by atoms with Gasteiger partial charge in [0.05, 0.1) is 17.0 Å². The Kier molecular flexibility index (Phi) is 4.97. The van der Waals surface area contributed by atoms with Gasteiger partial charge in [0.25, 0.3) is 0 Å². The fourth-order valence-electron chi connectivity index (χ4n) is 3.05. The summed E-state index contributed by atoms with van der Waals surface area (Å²) < 4.78 is 13.5. The van der Waals surface area contributed by atoms with Gasteiger partial charge in [0.15, 0.2) is 0 Å². The Morgan fingerprint density at radius 1 is 1.16 bits per heavy atom. The van der Waals surface area contributed by atoms with Gasteiger partial charge in [-0.05, 0) is 35.4 Å². The minimum Gasteiger partial charge on any atom is -0.369 e. The highest BCUT2D eigenvalue weighted by Gasteiger charge is 2.38. The van der Waals surface area contributed by atoms with Crippen LogP contribution in [-0.2, 0) is 9.59 Å². The van der Waals surface area contributed by atoms with E-state index in [4.69, 9.17) is 28.9 Å². The van der Waals surface area contributed by atoms with Crippen LogP contribution in [0.2, 0.25) is 10.0 Å². The molecule has 0 aromatic heterocycles. The maximum Gasteiger partial charge on any atom is 0.224 e. The van der Waals surface area contributed by atoms with Crippen LogP contribution in [0.5, 0.6) is 0 Å². The summed E-state index contributed by atoms with van der Waals surface area (Å²) in [6.45, 7) is 0.205. The first-order chi connectivity index (χ1) is 11.9. The quantitative estimate of drug-likeness (QED) is 0.881. The van der Waals surface area contributed by atoms with Crippen LogP contribution in [0, 0.1) is 11.7 Å². The number of rotatable bonds is 4. The van der Waals surface area contributed by atoms with Crippen molar-refractivity contribution in [1.29, 1.82) is 0 Å². The highest BCUT2D eigenvalue weighted by atomic mass is 35.5. The summed E-state index contributed by atoms with van der Waals surface area (Å²) in [5, 5.41) is 0.525. The summed E-state index contributed by atoms with van der Waals surface area (Å²) in [6, 6.07) is 10.8. The number of nitrogens with zero attached hydrogens (tertiary/aromatic N) is 1. The van der Waals surface area contributed by atoms with Crippen molar-refractivity contribution in [2.24, 2.45) is 11.7 Å². The number of benzene rings is 2. The summed E-state index contributed by atoms with van der Waals surface area (Å²) in [7, 11) is 0. The molecule has 3 rings (SSSR count). The number of carbonyl (C=O) groups excluding carboxylic acids is 2. The average Bonchev–Trinajstić information content (AvgIpc) is 2.95. The van der Waals surface area contributed by atoms with Crippen molar-refractivity contribution in [3.05, 3.63) is 69.5 Å². The molecular weight excluding hydrogens is 366 g/mol. The van der Waals surface area contributed by atoms with E-state index in [0.717, 1.165) is 5.56 Å². The van der Waals surface area contributed by atoms with Crippen molar-refractivity contribution in [2.75, 3.05) is 6.54 Å². The third-order valence-corrected chi connectivity index (χ3v) is 4.86. The van der Waals surface area contributed by atoms with Crippen LogP contribution in [0.4, 0.5) is 4.39 Å². The smallest absolute Gasteiger partial charge is 0.224 e. The van der Waals surface area contributed by atoms with Gasteiger partial charge in [0, 0.05) is 18.0 Å². The van der Waals surface area contributed by atoms with E-state index in [0.29, 0.717) is 10.6 Å². The van der Waals surface area contributed by atoms with Crippen molar-refractivity contribution in [1.82, 2.24) is 4.90 Å². The zero-order chi connectivity index (χ0) is 18.1. The number of primary amides is 1. The number of likely N-dealkylation sites (tertiary alicyclic amines) is 1. The van der Waals surface area contributed by atoms with Gasteiger partial charge in [0.2, 0.25) is 11.8 Å². The molecule has 1 unspecified atom stereocenters. The second kappa shape index (κ2) is 7.02. The zero-order valence-electron chi connectivity index (χ0n) is 13.1. The lowest BCUT2D eigenvalue weighted by Gasteiger charge is -2.29. The lowest BCUT2D eigenvalue weighted by atomic mass is 9.97. The summed E-state index contributed by atoms with van der Waals surface area (Å²) in [5.41, 5.74) is 6.79. The van der Waals surface area contributed by atoms with E-state index < -0.39 is 23.7 Å². The third kappa shape index (κ3) is 3.62. The van der Waals surface area contributed by atoms with Crippen LogP contribution in [0.15, 0.2) is 42.5 Å². The number of hydrogen-bond acceptors (Lipinski definition) is 2. The third-order valence-electron chi connectivity index (χ3n) is 4.32. The van der Waals surface area contributed by atoms with Crippen LogP contribution in [0.1, 0.15) is 23.6 Å². The Hall–Kier alpha value is -2.11. The van der Waals surface area contributed by atoms with Crippen LogP contribution < -0.4 is 5.73 Å². The van der Waals surface area contributed by atoms with Gasteiger partial charge in [-0.2, -0.15) is 0 Å². The molecule has 1 saturated heterocycles. The first kappa shape index (κ1) is 17.7. The van der Waals surface area contributed by atoms with Gasteiger partial charge in [-0.3, -0.25) is 9.59 Å². The molecule has 1 aliphatic heterocycles. The molecule has 4 nitrogen and oxygen atoms in total. The number of hydrogen-bond donors (Lipinski definition) is 1. The summed E-state index contributed by atoms with van der Waals surface area (Å²) in [5.74, 6) is -1.78. The van der Waals surface area contributed by atoms with Crippen LogP contribution >= 0.6 is 23.2 Å². The Balaban J connectivity index is 2.06. The molecule has 1 heterocycles. The normalized spacial score (nSPS) is 18.4. The molecule has 0 bridgehead atoms. The molecule has 1 aliphatic rings. The van der Waals surface area contributed by atoms with Crippen molar-refractivity contribution in [2.45, 2.75) is 12.5 Å². The van der Waals surface area contributed by atoms with Crippen molar-refractivity contribution in [3.63, 3.8) is 0 Å².